The molecule has 0 saturated heterocycles. The zero-order valence-corrected chi connectivity index (χ0v) is 14.2. The van der Waals surface area contributed by atoms with E-state index in [1.54, 1.807) is 6.07 Å². The van der Waals surface area contributed by atoms with Gasteiger partial charge in [0.05, 0.1) is 19.3 Å². The Balaban J connectivity index is 2.05. The molecule has 0 bridgehead atoms. The topological polar surface area (TPSA) is 35.5 Å². The van der Waals surface area contributed by atoms with Crippen molar-refractivity contribution < 1.29 is 14.3 Å². The van der Waals surface area contributed by atoms with Crippen LogP contribution in [-0.4, -0.2) is 25.0 Å². The van der Waals surface area contributed by atoms with Crippen LogP contribution >= 0.6 is 27.3 Å². The van der Waals surface area contributed by atoms with Crippen LogP contribution in [0.15, 0.2) is 35.7 Å². The van der Waals surface area contributed by atoms with E-state index >= 15 is 0 Å². The second kappa shape index (κ2) is 8.20. The van der Waals surface area contributed by atoms with Gasteiger partial charge in [-0.1, -0.05) is 15.9 Å². The highest BCUT2D eigenvalue weighted by molar-refractivity contribution is 9.09. The van der Waals surface area contributed by atoms with Crippen molar-refractivity contribution in [2.24, 2.45) is 0 Å². The Morgan fingerprint density at radius 2 is 1.95 bits per heavy atom. The smallest absolute Gasteiger partial charge is 0.339 e. The van der Waals surface area contributed by atoms with Crippen molar-refractivity contribution in [1.29, 1.82) is 0 Å². The molecule has 1 aromatic carbocycles. The molecule has 21 heavy (non-hydrogen) atoms. The Morgan fingerprint density at radius 1 is 1.19 bits per heavy atom. The fourth-order valence-electron chi connectivity index (χ4n) is 1.89. The van der Waals surface area contributed by atoms with E-state index in [-0.39, 0.29) is 5.97 Å². The van der Waals surface area contributed by atoms with Crippen molar-refractivity contribution in [3.63, 3.8) is 0 Å². The molecule has 0 spiro atoms. The van der Waals surface area contributed by atoms with Gasteiger partial charge in [0.1, 0.15) is 5.75 Å². The molecule has 0 aliphatic heterocycles. The fourth-order valence-corrected chi connectivity index (χ4v) is 3.18. The SMILES string of the molecule is COC(=O)c1ccsc1-c1ccc(OCCCCBr)cc1. The summed E-state index contributed by atoms with van der Waals surface area (Å²) in [5.41, 5.74) is 1.60. The zero-order valence-electron chi connectivity index (χ0n) is 11.8. The molecule has 0 aliphatic rings. The van der Waals surface area contributed by atoms with Crippen LogP contribution in [0, 0.1) is 0 Å². The summed E-state index contributed by atoms with van der Waals surface area (Å²) in [6.45, 7) is 0.720. The van der Waals surface area contributed by atoms with Gasteiger partial charge in [0, 0.05) is 10.2 Å². The van der Waals surface area contributed by atoms with E-state index in [9.17, 15) is 4.79 Å². The summed E-state index contributed by atoms with van der Waals surface area (Å²) in [7, 11) is 1.40. The first-order valence-corrected chi connectivity index (χ1v) is 8.71. The van der Waals surface area contributed by atoms with Gasteiger partial charge in [-0.3, -0.25) is 0 Å². The molecule has 5 heteroatoms. The van der Waals surface area contributed by atoms with Crippen molar-refractivity contribution in [3.05, 3.63) is 41.3 Å². The number of thiophene rings is 1. The molecule has 0 saturated carbocycles. The van der Waals surface area contributed by atoms with Gasteiger partial charge in [-0.15, -0.1) is 11.3 Å². The Hall–Kier alpha value is -1.33. The van der Waals surface area contributed by atoms with Crippen LogP contribution in [-0.2, 0) is 4.74 Å². The lowest BCUT2D eigenvalue weighted by Gasteiger charge is -2.07. The molecule has 112 valence electrons. The number of carbonyl (C=O) groups is 1. The van der Waals surface area contributed by atoms with Gasteiger partial charge >= 0.3 is 5.97 Å². The van der Waals surface area contributed by atoms with Gasteiger partial charge in [0.25, 0.3) is 0 Å². The number of carbonyl (C=O) groups excluding carboxylic acids is 1. The highest BCUT2D eigenvalue weighted by Crippen LogP contribution is 2.31. The highest BCUT2D eigenvalue weighted by Gasteiger charge is 2.14. The summed E-state index contributed by atoms with van der Waals surface area (Å²) < 4.78 is 10.5. The van der Waals surface area contributed by atoms with Gasteiger partial charge in [-0.25, -0.2) is 4.79 Å². The lowest BCUT2D eigenvalue weighted by Crippen LogP contribution is -2.00. The van der Waals surface area contributed by atoms with E-state index in [0.717, 1.165) is 41.0 Å². The third-order valence-corrected chi connectivity index (χ3v) is 4.51. The van der Waals surface area contributed by atoms with Gasteiger partial charge in [-0.2, -0.15) is 0 Å². The number of alkyl halides is 1. The zero-order chi connectivity index (χ0) is 15.1. The van der Waals surface area contributed by atoms with Gasteiger partial charge < -0.3 is 9.47 Å². The molecular formula is C16H17BrO3S. The minimum absolute atomic E-state index is 0.304. The number of hydrogen-bond donors (Lipinski definition) is 0. The Morgan fingerprint density at radius 3 is 2.62 bits per heavy atom. The minimum atomic E-state index is -0.304. The number of benzene rings is 1. The van der Waals surface area contributed by atoms with E-state index in [1.165, 1.54) is 18.4 Å². The van der Waals surface area contributed by atoms with E-state index in [2.05, 4.69) is 15.9 Å². The third-order valence-electron chi connectivity index (χ3n) is 2.98. The first-order valence-electron chi connectivity index (χ1n) is 6.71. The standard InChI is InChI=1S/C16H17BrO3S/c1-19-16(18)14-8-11-21-15(14)12-4-6-13(7-5-12)20-10-3-2-9-17/h4-8,11H,2-3,9-10H2,1H3. The van der Waals surface area contributed by atoms with Gasteiger partial charge in [0.15, 0.2) is 0 Å². The largest absolute Gasteiger partial charge is 0.494 e. The molecule has 1 aromatic heterocycles. The van der Waals surface area contributed by atoms with Crippen LogP contribution in [0.5, 0.6) is 5.75 Å². The van der Waals surface area contributed by atoms with Gasteiger partial charge in [0.2, 0.25) is 0 Å². The molecule has 0 atom stereocenters. The lowest BCUT2D eigenvalue weighted by molar-refractivity contribution is 0.0602. The number of halogens is 1. The predicted molar refractivity (Wildman–Crippen MR) is 89.6 cm³/mol. The van der Waals surface area contributed by atoms with Crippen molar-refractivity contribution >= 4 is 33.2 Å². The second-order valence-electron chi connectivity index (χ2n) is 4.42. The number of esters is 1. The lowest BCUT2D eigenvalue weighted by atomic mass is 10.1. The van der Waals surface area contributed by atoms with Crippen LogP contribution in [0.3, 0.4) is 0 Å². The first kappa shape index (κ1) is 16.0. The molecule has 1 heterocycles. The van der Waals surface area contributed by atoms with Crippen LogP contribution in [0.2, 0.25) is 0 Å². The molecule has 0 amide bonds. The van der Waals surface area contributed by atoms with Gasteiger partial charge in [-0.05, 0) is 54.1 Å². The Labute approximate surface area is 137 Å². The summed E-state index contributed by atoms with van der Waals surface area (Å²) in [5, 5.41) is 2.90. The number of rotatable bonds is 7. The van der Waals surface area contributed by atoms with Crippen LogP contribution < -0.4 is 4.74 Å². The normalized spacial score (nSPS) is 10.4. The maximum atomic E-state index is 11.7. The third kappa shape index (κ3) is 4.32. The molecule has 0 aliphatic carbocycles. The minimum Gasteiger partial charge on any atom is -0.494 e. The van der Waals surface area contributed by atoms with E-state index in [1.807, 2.05) is 29.6 Å². The Bertz CT molecular complexity index is 577. The van der Waals surface area contributed by atoms with Crippen LogP contribution in [0.1, 0.15) is 23.2 Å². The highest BCUT2D eigenvalue weighted by atomic mass is 79.9. The summed E-state index contributed by atoms with van der Waals surface area (Å²) in [6.07, 6.45) is 2.14. The molecule has 0 fully saturated rings. The average molecular weight is 369 g/mol. The predicted octanol–water partition coefficient (Wildman–Crippen LogP) is 4.76. The van der Waals surface area contributed by atoms with E-state index in [0.29, 0.717) is 5.56 Å². The first-order chi connectivity index (χ1) is 10.3. The molecular weight excluding hydrogens is 352 g/mol. The molecule has 0 unspecified atom stereocenters. The summed E-state index contributed by atoms with van der Waals surface area (Å²) in [6, 6.07) is 9.60. The van der Waals surface area contributed by atoms with Crippen molar-refractivity contribution in [2.75, 3.05) is 19.0 Å². The van der Waals surface area contributed by atoms with Crippen molar-refractivity contribution in [1.82, 2.24) is 0 Å². The van der Waals surface area contributed by atoms with Crippen molar-refractivity contribution in [3.8, 4) is 16.2 Å². The van der Waals surface area contributed by atoms with Crippen molar-refractivity contribution in [2.45, 2.75) is 12.8 Å². The number of hydrogen-bond acceptors (Lipinski definition) is 4. The summed E-state index contributed by atoms with van der Waals surface area (Å²) in [4.78, 5) is 12.6. The quantitative estimate of drug-likeness (QED) is 0.401. The molecule has 0 radical (unpaired) electrons. The fraction of sp³-hybridized carbons (Fsp3) is 0.312. The Kier molecular flexibility index (Phi) is 6.26. The average Bonchev–Trinajstić information content (AvgIpc) is 3.01. The molecule has 3 nitrogen and oxygen atoms in total. The second-order valence-corrected chi connectivity index (χ2v) is 6.13. The number of methoxy groups -OCH3 is 1. The summed E-state index contributed by atoms with van der Waals surface area (Å²) >= 11 is 4.93. The maximum Gasteiger partial charge on any atom is 0.339 e. The van der Waals surface area contributed by atoms with E-state index in [4.69, 9.17) is 9.47 Å². The van der Waals surface area contributed by atoms with Crippen LogP contribution in [0.25, 0.3) is 10.4 Å². The number of ether oxygens (including phenoxy) is 2. The summed E-state index contributed by atoms with van der Waals surface area (Å²) in [5.74, 6) is 0.547. The van der Waals surface area contributed by atoms with Crippen LogP contribution in [0.4, 0.5) is 0 Å². The van der Waals surface area contributed by atoms with E-state index < -0.39 is 0 Å². The molecule has 2 rings (SSSR count). The molecule has 0 N–H and O–H groups in total. The monoisotopic (exact) mass is 368 g/mol. The number of unbranched alkanes of at least 4 members (excludes halogenated alkanes) is 1. The maximum absolute atomic E-state index is 11.7. The molecule has 2 aromatic rings.